The molecule has 4 aromatic rings. The van der Waals surface area contributed by atoms with Gasteiger partial charge >= 0.3 is 0 Å². The van der Waals surface area contributed by atoms with E-state index in [1.165, 1.54) is 28.2 Å². The molecule has 1 aromatic carbocycles. The van der Waals surface area contributed by atoms with Crippen LogP contribution in [0.25, 0.3) is 11.4 Å². The number of anilines is 1. The zero-order valence-electron chi connectivity index (χ0n) is 14.0. The molecule has 6 nitrogen and oxygen atoms in total. The number of carbonyl (C=O) groups excluding carboxylic acids is 1. The Morgan fingerprint density at radius 2 is 2.00 bits per heavy atom. The maximum absolute atomic E-state index is 13.1. The predicted octanol–water partition coefficient (Wildman–Crippen LogP) is 3.84. The number of nitrogens with one attached hydrogen (secondary N) is 1. The van der Waals surface area contributed by atoms with E-state index in [1.54, 1.807) is 36.7 Å². The van der Waals surface area contributed by atoms with Crippen molar-refractivity contribution >= 4 is 23.2 Å². The summed E-state index contributed by atoms with van der Waals surface area (Å²) in [7, 11) is 0. The molecule has 0 aliphatic rings. The van der Waals surface area contributed by atoms with Crippen LogP contribution in [-0.4, -0.2) is 25.7 Å². The third-order valence-electron chi connectivity index (χ3n) is 3.82. The lowest BCUT2D eigenvalue weighted by molar-refractivity contribution is 0.0951. The van der Waals surface area contributed by atoms with Gasteiger partial charge in [0.05, 0.1) is 4.88 Å². The fourth-order valence-electron chi connectivity index (χ4n) is 2.47. The van der Waals surface area contributed by atoms with Crippen LogP contribution in [0.4, 0.5) is 10.3 Å². The van der Waals surface area contributed by atoms with Crippen LogP contribution in [0.5, 0.6) is 0 Å². The van der Waals surface area contributed by atoms with Gasteiger partial charge in [-0.25, -0.2) is 4.39 Å². The average molecular weight is 379 g/mol. The van der Waals surface area contributed by atoms with Crippen molar-refractivity contribution in [3.8, 4) is 11.4 Å². The van der Waals surface area contributed by atoms with Crippen molar-refractivity contribution in [1.82, 2.24) is 19.7 Å². The fraction of sp³-hybridized carbons (Fsp3) is 0.0526. The van der Waals surface area contributed by atoms with Crippen LogP contribution in [0.2, 0.25) is 0 Å². The molecule has 3 heterocycles. The number of nitrogens with zero attached hydrogens (tertiary/aromatic N) is 4. The highest BCUT2D eigenvalue weighted by molar-refractivity contribution is 7.12. The van der Waals surface area contributed by atoms with E-state index in [2.05, 4.69) is 20.4 Å². The van der Waals surface area contributed by atoms with E-state index in [9.17, 15) is 9.18 Å². The molecule has 0 aliphatic heterocycles. The van der Waals surface area contributed by atoms with Crippen molar-refractivity contribution in [3.63, 3.8) is 0 Å². The molecule has 134 valence electrons. The highest BCUT2D eigenvalue weighted by Crippen LogP contribution is 2.20. The minimum Gasteiger partial charge on any atom is -0.350 e. The second-order valence-electron chi connectivity index (χ2n) is 5.67. The first kappa shape index (κ1) is 17.0. The Labute approximate surface area is 158 Å². The number of pyridine rings is 1. The van der Waals surface area contributed by atoms with E-state index in [-0.39, 0.29) is 11.7 Å². The van der Waals surface area contributed by atoms with E-state index >= 15 is 0 Å². The summed E-state index contributed by atoms with van der Waals surface area (Å²) in [4.78, 5) is 21.9. The zero-order valence-corrected chi connectivity index (χ0v) is 14.9. The number of aromatic nitrogens is 4. The minimum atomic E-state index is -0.298. The number of hydrogen-bond acceptors (Lipinski definition) is 6. The summed E-state index contributed by atoms with van der Waals surface area (Å²) in [5.41, 5.74) is 1.57. The molecule has 3 aromatic heterocycles. The Kier molecular flexibility index (Phi) is 4.71. The molecule has 0 atom stereocenters. The molecule has 0 unspecified atom stereocenters. The van der Waals surface area contributed by atoms with Crippen molar-refractivity contribution in [2.45, 2.75) is 6.54 Å². The Morgan fingerprint density at radius 3 is 2.70 bits per heavy atom. The molecular weight excluding hydrogens is 365 g/mol. The molecule has 1 N–H and O–H groups in total. The number of carbonyl (C=O) groups is 1. The first-order chi connectivity index (χ1) is 13.2. The second kappa shape index (κ2) is 7.46. The lowest BCUT2D eigenvalue weighted by atomic mass is 10.2. The van der Waals surface area contributed by atoms with Gasteiger partial charge < -0.3 is 5.32 Å². The lowest BCUT2D eigenvalue weighted by Gasteiger charge is -2.06. The topological polar surface area (TPSA) is 72.7 Å². The van der Waals surface area contributed by atoms with Crippen LogP contribution >= 0.6 is 11.3 Å². The molecule has 4 rings (SSSR count). The quantitative estimate of drug-likeness (QED) is 0.570. The van der Waals surface area contributed by atoms with Gasteiger partial charge in [0.2, 0.25) is 5.95 Å². The van der Waals surface area contributed by atoms with E-state index in [0.29, 0.717) is 28.8 Å². The van der Waals surface area contributed by atoms with Crippen LogP contribution in [0, 0.1) is 5.82 Å². The number of thiophene rings is 1. The highest BCUT2D eigenvalue weighted by atomic mass is 32.1. The monoisotopic (exact) mass is 379 g/mol. The summed E-state index contributed by atoms with van der Waals surface area (Å²) in [5.74, 6) is 0.147. The van der Waals surface area contributed by atoms with Crippen LogP contribution in [0.1, 0.15) is 15.2 Å². The molecule has 0 radical (unpaired) electrons. The Morgan fingerprint density at radius 1 is 1.15 bits per heavy atom. The number of hydrogen-bond donors (Lipinski definition) is 1. The van der Waals surface area contributed by atoms with Crippen LogP contribution in [-0.2, 0) is 6.54 Å². The molecular formula is C19H14FN5OS. The van der Waals surface area contributed by atoms with Crippen LogP contribution in [0.3, 0.4) is 0 Å². The molecule has 0 aliphatic carbocycles. The van der Waals surface area contributed by atoms with Gasteiger partial charge in [-0.1, -0.05) is 18.2 Å². The fourth-order valence-corrected chi connectivity index (χ4v) is 3.12. The summed E-state index contributed by atoms with van der Waals surface area (Å²) >= 11 is 1.34. The van der Waals surface area contributed by atoms with E-state index in [1.807, 2.05) is 17.5 Å². The first-order valence-electron chi connectivity index (χ1n) is 8.15. The van der Waals surface area contributed by atoms with E-state index in [0.717, 1.165) is 5.56 Å². The average Bonchev–Trinajstić information content (AvgIpc) is 3.38. The SMILES string of the molecule is O=C(c1cccs1)n1nc(-c2cccnc2)nc1NCc1ccc(F)cc1. The van der Waals surface area contributed by atoms with Gasteiger partial charge in [0.1, 0.15) is 5.82 Å². The smallest absolute Gasteiger partial charge is 0.291 e. The number of benzene rings is 1. The van der Waals surface area contributed by atoms with Crippen molar-refractivity contribution < 1.29 is 9.18 Å². The molecule has 0 spiro atoms. The van der Waals surface area contributed by atoms with Gasteiger partial charge in [-0.2, -0.15) is 9.67 Å². The summed E-state index contributed by atoms with van der Waals surface area (Å²) in [6.45, 7) is 0.378. The Bertz CT molecular complexity index is 1050. The van der Waals surface area contributed by atoms with E-state index < -0.39 is 0 Å². The number of rotatable bonds is 5. The van der Waals surface area contributed by atoms with Crippen molar-refractivity contribution in [2.24, 2.45) is 0 Å². The predicted molar refractivity (Wildman–Crippen MR) is 101 cm³/mol. The maximum Gasteiger partial charge on any atom is 0.291 e. The van der Waals surface area contributed by atoms with Gasteiger partial charge in [-0.3, -0.25) is 9.78 Å². The van der Waals surface area contributed by atoms with Crippen LogP contribution in [0.15, 0.2) is 66.3 Å². The van der Waals surface area contributed by atoms with Gasteiger partial charge in [-0.05, 0) is 41.3 Å². The Hall–Kier alpha value is -3.39. The van der Waals surface area contributed by atoms with Crippen LogP contribution < -0.4 is 5.32 Å². The van der Waals surface area contributed by atoms with E-state index in [4.69, 9.17) is 0 Å². The summed E-state index contributed by atoms with van der Waals surface area (Å²) in [6.07, 6.45) is 3.30. The summed E-state index contributed by atoms with van der Waals surface area (Å²) < 4.78 is 14.3. The summed E-state index contributed by atoms with van der Waals surface area (Å²) in [5, 5.41) is 9.31. The number of halogens is 1. The van der Waals surface area contributed by atoms with Crippen molar-refractivity contribution in [2.75, 3.05) is 5.32 Å². The Balaban J connectivity index is 1.66. The largest absolute Gasteiger partial charge is 0.350 e. The van der Waals surface area contributed by atoms with Gasteiger partial charge in [0.25, 0.3) is 5.91 Å². The molecule has 8 heteroatoms. The molecule has 0 bridgehead atoms. The summed E-state index contributed by atoms with van der Waals surface area (Å²) in [6, 6.07) is 13.3. The minimum absolute atomic E-state index is 0.269. The third-order valence-corrected chi connectivity index (χ3v) is 4.67. The molecule has 0 saturated carbocycles. The van der Waals surface area contributed by atoms with Gasteiger partial charge in [0.15, 0.2) is 5.82 Å². The standard InChI is InChI=1S/C19H14FN5OS/c20-15-7-5-13(6-8-15)11-22-19-23-17(14-3-1-9-21-12-14)24-25(19)18(26)16-4-2-10-27-16/h1-10,12H,11H2,(H,22,23,24). The normalized spacial score (nSPS) is 10.7. The maximum atomic E-state index is 13.1. The molecule has 0 amide bonds. The molecule has 0 saturated heterocycles. The van der Waals surface area contributed by atoms with Gasteiger partial charge in [-0.15, -0.1) is 16.4 Å². The lowest BCUT2D eigenvalue weighted by Crippen LogP contribution is -2.16. The third kappa shape index (κ3) is 3.75. The van der Waals surface area contributed by atoms with Crippen molar-refractivity contribution in [1.29, 1.82) is 0 Å². The second-order valence-corrected chi connectivity index (χ2v) is 6.62. The van der Waals surface area contributed by atoms with Gasteiger partial charge in [0, 0.05) is 24.5 Å². The highest BCUT2D eigenvalue weighted by Gasteiger charge is 2.19. The molecule has 27 heavy (non-hydrogen) atoms. The molecule has 0 fully saturated rings. The zero-order chi connectivity index (χ0) is 18.6. The first-order valence-corrected chi connectivity index (χ1v) is 9.02. The van der Waals surface area contributed by atoms with Crippen molar-refractivity contribution in [3.05, 3.63) is 82.6 Å².